The SMILES string of the molecule is CC(C)CNc1nc(N)nc(CCl)n1. The molecule has 0 unspecified atom stereocenters. The molecular formula is C8H14ClN5. The van der Waals surface area contributed by atoms with E-state index in [0.717, 1.165) is 6.54 Å². The molecule has 6 heteroatoms. The minimum Gasteiger partial charge on any atom is -0.368 e. The van der Waals surface area contributed by atoms with Crippen LogP contribution in [0.3, 0.4) is 0 Å². The summed E-state index contributed by atoms with van der Waals surface area (Å²) in [5.41, 5.74) is 5.48. The number of alkyl halides is 1. The number of hydrogen-bond acceptors (Lipinski definition) is 5. The summed E-state index contributed by atoms with van der Waals surface area (Å²) in [6.45, 7) is 4.99. The second kappa shape index (κ2) is 4.95. The van der Waals surface area contributed by atoms with E-state index < -0.39 is 0 Å². The number of aromatic nitrogens is 3. The van der Waals surface area contributed by atoms with Gasteiger partial charge in [-0.1, -0.05) is 13.8 Å². The summed E-state index contributed by atoms with van der Waals surface area (Å²) in [5.74, 6) is 1.94. The molecule has 0 saturated carbocycles. The first kappa shape index (κ1) is 11.0. The number of anilines is 2. The van der Waals surface area contributed by atoms with Crippen LogP contribution >= 0.6 is 11.6 Å². The summed E-state index contributed by atoms with van der Waals surface area (Å²) in [6.07, 6.45) is 0. The Morgan fingerprint density at radius 3 is 2.64 bits per heavy atom. The van der Waals surface area contributed by atoms with Gasteiger partial charge in [0.2, 0.25) is 11.9 Å². The van der Waals surface area contributed by atoms with Gasteiger partial charge in [-0.2, -0.15) is 15.0 Å². The van der Waals surface area contributed by atoms with Crippen molar-refractivity contribution in [3.05, 3.63) is 5.82 Å². The van der Waals surface area contributed by atoms with Crippen molar-refractivity contribution >= 4 is 23.5 Å². The van der Waals surface area contributed by atoms with Gasteiger partial charge in [0, 0.05) is 6.54 Å². The number of nitrogens with zero attached hydrogens (tertiary/aromatic N) is 3. The standard InChI is InChI=1S/C8H14ClN5/c1-5(2)4-11-8-13-6(3-9)12-7(10)14-8/h5H,3-4H2,1-2H3,(H3,10,11,12,13,14). The highest BCUT2D eigenvalue weighted by Gasteiger charge is 2.03. The molecule has 0 amide bonds. The first-order chi connectivity index (χ1) is 6.61. The molecule has 3 N–H and O–H groups in total. The Morgan fingerprint density at radius 1 is 1.36 bits per heavy atom. The second-order valence-corrected chi connectivity index (χ2v) is 3.61. The molecule has 5 nitrogen and oxygen atoms in total. The molecule has 0 aromatic carbocycles. The van der Waals surface area contributed by atoms with Gasteiger partial charge in [0.15, 0.2) is 5.82 Å². The Kier molecular flexibility index (Phi) is 3.88. The van der Waals surface area contributed by atoms with Gasteiger partial charge in [0.1, 0.15) is 0 Å². The van der Waals surface area contributed by atoms with Crippen LogP contribution < -0.4 is 11.1 Å². The van der Waals surface area contributed by atoms with E-state index in [1.54, 1.807) is 0 Å². The molecule has 0 aliphatic heterocycles. The highest BCUT2D eigenvalue weighted by atomic mass is 35.5. The van der Waals surface area contributed by atoms with E-state index >= 15 is 0 Å². The highest BCUT2D eigenvalue weighted by molar-refractivity contribution is 6.16. The minimum atomic E-state index is 0.196. The molecule has 14 heavy (non-hydrogen) atoms. The average Bonchev–Trinajstić information content (AvgIpc) is 2.14. The lowest BCUT2D eigenvalue weighted by Crippen LogP contribution is -2.13. The van der Waals surface area contributed by atoms with Crippen molar-refractivity contribution in [2.45, 2.75) is 19.7 Å². The van der Waals surface area contributed by atoms with Crippen LogP contribution in [0.25, 0.3) is 0 Å². The molecule has 1 aromatic heterocycles. The van der Waals surface area contributed by atoms with Crippen LogP contribution in [0.2, 0.25) is 0 Å². The summed E-state index contributed by atoms with van der Waals surface area (Å²) < 4.78 is 0. The van der Waals surface area contributed by atoms with Crippen LogP contribution in [0.4, 0.5) is 11.9 Å². The molecule has 0 fully saturated rings. The maximum atomic E-state index is 5.60. The van der Waals surface area contributed by atoms with E-state index in [9.17, 15) is 0 Å². The quantitative estimate of drug-likeness (QED) is 0.740. The van der Waals surface area contributed by atoms with Gasteiger partial charge in [-0.25, -0.2) is 0 Å². The molecule has 0 radical (unpaired) electrons. The third-order valence-corrected chi connectivity index (χ3v) is 1.73. The van der Waals surface area contributed by atoms with Gasteiger partial charge in [-0.05, 0) is 5.92 Å². The predicted octanol–water partition coefficient (Wildman–Crippen LogP) is 1.26. The molecule has 1 heterocycles. The van der Waals surface area contributed by atoms with Crippen molar-refractivity contribution in [2.24, 2.45) is 5.92 Å². The zero-order valence-corrected chi connectivity index (χ0v) is 9.04. The molecule has 0 aliphatic rings. The molecule has 1 rings (SSSR count). The monoisotopic (exact) mass is 215 g/mol. The molecule has 78 valence electrons. The summed E-state index contributed by atoms with van der Waals surface area (Å²) in [5, 5.41) is 3.06. The summed E-state index contributed by atoms with van der Waals surface area (Å²) >= 11 is 5.60. The molecule has 0 saturated heterocycles. The van der Waals surface area contributed by atoms with Crippen LogP contribution in [-0.4, -0.2) is 21.5 Å². The van der Waals surface area contributed by atoms with Gasteiger partial charge in [0.05, 0.1) is 5.88 Å². The van der Waals surface area contributed by atoms with Crippen LogP contribution in [0, 0.1) is 5.92 Å². The van der Waals surface area contributed by atoms with E-state index in [-0.39, 0.29) is 11.8 Å². The van der Waals surface area contributed by atoms with E-state index in [2.05, 4.69) is 34.1 Å². The van der Waals surface area contributed by atoms with Gasteiger partial charge in [-0.3, -0.25) is 0 Å². The topological polar surface area (TPSA) is 76.7 Å². The number of halogens is 1. The van der Waals surface area contributed by atoms with Gasteiger partial charge in [0.25, 0.3) is 0 Å². The summed E-state index contributed by atoms with van der Waals surface area (Å²) in [7, 11) is 0. The molecule has 0 bridgehead atoms. The molecule has 1 aromatic rings. The molecule has 0 spiro atoms. The lowest BCUT2D eigenvalue weighted by molar-refractivity contribution is 0.683. The predicted molar refractivity (Wildman–Crippen MR) is 57.1 cm³/mol. The number of rotatable bonds is 4. The zero-order chi connectivity index (χ0) is 10.6. The van der Waals surface area contributed by atoms with E-state index in [4.69, 9.17) is 17.3 Å². The number of nitrogens with one attached hydrogen (secondary N) is 1. The molecule has 0 aliphatic carbocycles. The minimum absolute atomic E-state index is 0.196. The first-order valence-electron chi connectivity index (χ1n) is 4.42. The van der Waals surface area contributed by atoms with Crippen LogP contribution in [0.15, 0.2) is 0 Å². The number of nitrogens with two attached hydrogens (primary N) is 1. The van der Waals surface area contributed by atoms with Gasteiger partial charge in [-0.15, -0.1) is 11.6 Å². The van der Waals surface area contributed by atoms with Crippen molar-refractivity contribution in [1.29, 1.82) is 0 Å². The van der Waals surface area contributed by atoms with Gasteiger partial charge < -0.3 is 11.1 Å². The van der Waals surface area contributed by atoms with Crippen LogP contribution in [0.1, 0.15) is 19.7 Å². The maximum absolute atomic E-state index is 5.60. The Hall–Kier alpha value is -1.10. The Labute approximate surface area is 88.1 Å². The smallest absolute Gasteiger partial charge is 0.227 e. The highest BCUT2D eigenvalue weighted by Crippen LogP contribution is 2.05. The fourth-order valence-electron chi connectivity index (χ4n) is 0.872. The van der Waals surface area contributed by atoms with Crippen molar-refractivity contribution in [3.63, 3.8) is 0 Å². The normalized spacial score (nSPS) is 10.6. The number of hydrogen-bond donors (Lipinski definition) is 2. The molecule has 0 atom stereocenters. The molecular weight excluding hydrogens is 202 g/mol. The van der Waals surface area contributed by atoms with Crippen molar-refractivity contribution in [1.82, 2.24) is 15.0 Å². The van der Waals surface area contributed by atoms with Crippen molar-refractivity contribution in [2.75, 3.05) is 17.6 Å². The maximum Gasteiger partial charge on any atom is 0.227 e. The third-order valence-electron chi connectivity index (χ3n) is 1.49. The largest absolute Gasteiger partial charge is 0.368 e. The lowest BCUT2D eigenvalue weighted by atomic mass is 10.2. The second-order valence-electron chi connectivity index (χ2n) is 3.34. The Bertz CT molecular complexity index is 302. The van der Waals surface area contributed by atoms with Gasteiger partial charge >= 0.3 is 0 Å². The van der Waals surface area contributed by atoms with Crippen molar-refractivity contribution in [3.8, 4) is 0 Å². The summed E-state index contributed by atoms with van der Waals surface area (Å²) in [6, 6.07) is 0. The Balaban J connectivity index is 2.71. The Morgan fingerprint density at radius 2 is 2.07 bits per heavy atom. The average molecular weight is 216 g/mol. The first-order valence-corrected chi connectivity index (χ1v) is 4.95. The van der Waals surface area contributed by atoms with Crippen LogP contribution in [-0.2, 0) is 5.88 Å². The number of nitrogen functional groups attached to an aromatic ring is 1. The van der Waals surface area contributed by atoms with Crippen LogP contribution in [0.5, 0.6) is 0 Å². The third kappa shape index (κ3) is 3.33. The van der Waals surface area contributed by atoms with E-state index in [0.29, 0.717) is 17.7 Å². The zero-order valence-electron chi connectivity index (χ0n) is 8.29. The fraction of sp³-hybridized carbons (Fsp3) is 0.625. The van der Waals surface area contributed by atoms with E-state index in [1.807, 2.05) is 0 Å². The lowest BCUT2D eigenvalue weighted by Gasteiger charge is -2.07. The fourth-order valence-corrected chi connectivity index (χ4v) is 0.992. The van der Waals surface area contributed by atoms with Crippen molar-refractivity contribution < 1.29 is 0 Å². The van der Waals surface area contributed by atoms with E-state index in [1.165, 1.54) is 0 Å². The summed E-state index contributed by atoms with van der Waals surface area (Å²) in [4.78, 5) is 11.9.